The number of rotatable bonds is 1. The predicted octanol–water partition coefficient (Wildman–Crippen LogP) is 0.00512. The van der Waals surface area contributed by atoms with E-state index in [1.165, 1.54) is 4.68 Å². The number of carbonyl (C=O) groups excluding carboxylic acids is 2. The predicted molar refractivity (Wildman–Crippen MR) is 75.1 cm³/mol. The topological polar surface area (TPSA) is 84.5 Å². The molecule has 0 unspecified atom stereocenters. The first-order chi connectivity index (χ1) is 9.41. The second kappa shape index (κ2) is 5.52. The molecule has 0 radical (unpaired) electrons. The van der Waals surface area contributed by atoms with Gasteiger partial charge in [-0.15, -0.1) is 0 Å². The Hall–Kier alpha value is -2.05. The number of nitrogens with zero attached hydrogens (tertiary/aromatic N) is 4. The van der Waals surface area contributed by atoms with Crippen LogP contribution in [-0.2, 0) is 11.8 Å². The SMILES string of the molecule is CC(=O)N1CCCN(C(=O)c2c(N)c(C)nn2C)CC1. The molecule has 0 aliphatic carbocycles. The van der Waals surface area contributed by atoms with E-state index in [9.17, 15) is 9.59 Å². The molecule has 1 aliphatic rings. The Kier molecular flexibility index (Phi) is 3.96. The molecule has 0 spiro atoms. The van der Waals surface area contributed by atoms with Gasteiger partial charge in [-0.2, -0.15) is 5.10 Å². The molecule has 2 N–H and O–H groups in total. The Morgan fingerprint density at radius 3 is 2.30 bits per heavy atom. The standard InChI is InChI=1S/C13H21N5O2/c1-9-11(14)12(16(3)15-9)13(20)18-6-4-5-17(7-8-18)10(2)19/h4-8,14H2,1-3H3. The summed E-state index contributed by atoms with van der Waals surface area (Å²) >= 11 is 0. The van der Waals surface area contributed by atoms with Gasteiger partial charge in [0.2, 0.25) is 5.91 Å². The number of amides is 2. The van der Waals surface area contributed by atoms with Gasteiger partial charge in [0.05, 0.1) is 11.4 Å². The zero-order valence-corrected chi connectivity index (χ0v) is 12.2. The van der Waals surface area contributed by atoms with E-state index in [1.54, 1.807) is 30.7 Å². The van der Waals surface area contributed by atoms with Gasteiger partial charge in [-0.3, -0.25) is 14.3 Å². The molecule has 0 atom stereocenters. The Balaban J connectivity index is 2.15. The summed E-state index contributed by atoms with van der Waals surface area (Å²) in [7, 11) is 1.72. The molecule has 1 aromatic rings. The molecule has 2 amide bonds. The molecule has 0 aromatic carbocycles. The summed E-state index contributed by atoms with van der Waals surface area (Å²) in [4.78, 5) is 27.5. The Morgan fingerprint density at radius 1 is 1.15 bits per heavy atom. The van der Waals surface area contributed by atoms with Crippen LogP contribution in [-0.4, -0.2) is 57.6 Å². The van der Waals surface area contributed by atoms with Gasteiger partial charge in [0.25, 0.3) is 5.91 Å². The monoisotopic (exact) mass is 279 g/mol. The minimum Gasteiger partial charge on any atom is -0.395 e. The third-order valence-corrected chi connectivity index (χ3v) is 3.70. The van der Waals surface area contributed by atoms with Crippen molar-refractivity contribution in [3.63, 3.8) is 0 Å². The normalized spacial score (nSPS) is 16.1. The highest BCUT2D eigenvalue weighted by atomic mass is 16.2. The van der Waals surface area contributed by atoms with Crippen molar-refractivity contribution in [3.05, 3.63) is 11.4 Å². The Bertz CT molecular complexity index is 537. The Morgan fingerprint density at radius 2 is 1.75 bits per heavy atom. The smallest absolute Gasteiger partial charge is 0.274 e. The van der Waals surface area contributed by atoms with E-state index in [0.29, 0.717) is 43.3 Å². The van der Waals surface area contributed by atoms with Crippen LogP contribution in [0.3, 0.4) is 0 Å². The first-order valence-corrected chi connectivity index (χ1v) is 6.75. The zero-order chi connectivity index (χ0) is 14.9. The van der Waals surface area contributed by atoms with E-state index in [-0.39, 0.29) is 11.8 Å². The highest BCUT2D eigenvalue weighted by molar-refractivity contribution is 5.98. The van der Waals surface area contributed by atoms with Crippen molar-refractivity contribution in [2.24, 2.45) is 7.05 Å². The van der Waals surface area contributed by atoms with Crippen LogP contribution in [0.1, 0.15) is 29.5 Å². The molecule has 1 aromatic heterocycles. The number of aryl methyl sites for hydroxylation is 2. The van der Waals surface area contributed by atoms with Gasteiger partial charge in [-0.25, -0.2) is 0 Å². The maximum absolute atomic E-state index is 12.6. The number of aromatic nitrogens is 2. The molecule has 110 valence electrons. The molecule has 0 bridgehead atoms. The molecular formula is C13H21N5O2. The van der Waals surface area contributed by atoms with Crippen molar-refractivity contribution in [1.82, 2.24) is 19.6 Å². The summed E-state index contributed by atoms with van der Waals surface area (Å²) in [6, 6.07) is 0. The molecule has 7 nitrogen and oxygen atoms in total. The van der Waals surface area contributed by atoms with Crippen molar-refractivity contribution in [3.8, 4) is 0 Å². The average molecular weight is 279 g/mol. The molecule has 1 fully saturated rings. The van der Waals surface area contributed by atoms with Crippen LogP contribution in [0.4, 0.5) is 5.69 Å². The third kappa shape index (κ3) is 2.61. The van der Waals surface area contributed by atoms with E-state index >= 15 is 0 Å². The first kappa shape index (κ1) is 14.4. The maximum Gasteiger partial charge on any atom is 0.274 e. The van der Waals surface area contributed by atoms with E-state index in [0.717, 1.165) is 6.42 Å². The first-order valence-electron chi connectivity index (χ1n) is 6.75. The number of hydrogen-bond acceptors (Lipinski definition) is 4. The van der Waals surface area contributed by atoms with Gasteiger partial charge in [-0.1, -0.05) is 0 Å². The summed E-state index contributed by atoms with van der Waals surface area (Å²) in [5, 5.41) is 4.17. The van der Waals surface area contributed by atoms with Crippen molar-refractivity contribution >= 4 is 17.5 Å². The van der Waals surface area contributed by atoms with Gasteiger partial charge in [-0.05, 0) is 13.3 Å². The molecule has 0 saturated carbocycles. The minimum atomic E-state index is -0.115. The van der Waals surface area contributed by atoms with Crippen LogP contribution in [0.15, 0.2) is 0 Å². The van der Waals surface area contributed by atoms with Crippen molar-refractivity contribution in [2.45, 2.75) is 20.3 Å². The second-order valence-electron chi connectivity index (χ2n) is 5.12. The number of hydrogen-bond donors (Lipinski definition) is 1. The summed E-state index contributed by atoms with van der Waals surface area (Å²) < 4.78 is 1.53. The van der Waals surface area contributed by atoms with E-state index in [1.807, 2.05) is 0 Å². The van der Waals surface area contributed by atoms with Gasteiger partial charge < -0.3 is 15.5 Å². The summed E-state index contributed by atoms with van der Waals surface area (Å²) in [5.74, 6) is -0.0637. The number of carbonyl (C=O) groups is 2. The fourth-order valence-electron chi connectivity index (χ4n) is 2.51. The minimum absolute atomic E-state index is 0.0511. The maximum atomic E-state index is 12.6. The van der Waals surface area contributed by atoms with Gasteiger partial charge in [0.15, 0.2) is 0 Å². The second-order valence-corrected chi connectivity index (χ2v) is 5.12. The van der Waals surface area contributed by atoms with E-state index < -0.39 is 0 Å². The molecule has 2 rings (SSSR count). The van der Waals surface area contributed by atoms with Crippen LogP contribution >= 0.6 is 0 Å². The lowest BCUT2D eigenvalue weighted by Crippen LogP contribution is -2.37. The van der Waals surface area contributed by atoms with Gasteiger partial charge >= 0.3 is 0 Å². The summed E-state index contributed by atoms with van der Waals surface area (Å²) in [5.41, 5.74) is 7.46. The average Bonchev–Trinajstić information content (AvgIpc) is 2.60. The van der Waals surface area contributed by atoms with E-state index in [4.69, 9.17) is 5.73 Å². The van der Waals surface area contributed by atoms with Gasteiger partial charge in [0.1, 0.15) is 5.69 Å². The largest absolute Gasteiger partial charge is 0.395 e. The molecule has 1 saturated heterocycles. The molecule has 20 heavy (non-hydrogen) atoms. The van der Waals surface area contributed by atoms with Crippen molar-refractivity contribution in [2.75, 3.05) is 31.9 Å². The van der Waals surface area contributed by atoms with Crippen molar-refractivity contribution < 1.29 is 9.59 Å². The van der Waals surface area contributed by atoms with Crippen molar-refractivity contribution in [1.29, 1.82) is 0 Å². The molecular weight excluding hydrogens is 258 g/mol. The molecule has 7 heteroatoms. The number of nitrogens with two attached hydrogens (primary N) is 1. The number of nitrogen functional groups attached to an aromatic ring is 1. The third-order valence-electron chi connectivity index (χ3n) is 3.70. The lowest BCUT2D eigenvalue weighted by atomic mass is 10.2. The quantitative estimate of drug-likeness (QED) is 0.784. The zero-order valence-electron chi connectivity index (χ0n) is 12.2. The van der Waals surface area contributed by atoms with Crippen LogP contribution in [0.5, 0.6) is 0 Å². The van der Waals surface area contributed by atoms with E-state index in [2.05, 4.69) is 5.10 Å². The fraction of sp³-hybridized carbons (Fsp3) is 0.615. The van der Waals surface area contributed by atoms with Crippen LogP contribution in [0, 0.1) is 6.92 Å². The summed E-state index contributed by atoms with van der Waals surface area (Å²) in [6.45, 7) is 5.76. The highest BCUT2D eigenvalue weighted by Crippen LogP contribution is 2.18. The Labute approximate surface area is 118 Å². The lowest BCUT2D eigenvalue weighted by molar-refractivity contribution is -0.128. The highest BCUT2D eigenvalue weighted by Gasteiger charge is 2.26. The lowest BCUT2D eigenvalue weighted by Gasteiger charge is -2.21. The van der Waals surface area contributed by atoms with Crippen LogP contribution in [0.2, 0.25) is 0 Å². The fourth-order valence-corrected chi connectivity index (χ4v) is 2.51. The molecule has 2 heterocycles. The summed E-state index contributed by atoms with van der Waals surface area (Å²) in [6.07, 6.45) is 0.780. The number of anilines is 1. The van der Waals surface area contributed by atoms with Crippen LogP contribution in [0.25, 0.3) is 0 Å². The molecule has 1 aliphatic heterocycles. The van der Waals surface area contributed by atoms with Gasteiger partial charge in [0, 0.05) is 40.2 Å². The van der Waals surface area contributed by atoms with Crippen LogP contribution < -0.4 is 5.73 Å².